The first-order valence-corrected chi connectivity index (χ1v) is 6.63. The summed E-state index contributed by atoms with van der Waals surface area (Å²) in [5.41, 5.74) is 3.03. The number of hydrogen-bond donors (Lipinski definition) is 1. The van der Waals surface area contributed by atoms with Gasteiger partial charge in [-0.25, -0.2) is 0 Å². The van der Waals surface area contributed by atoms with Gasteiger partial charge in [0.15, 0.2) is 0 Å². The maximum Gasteiger partial charge on any atom is 0.0457 e. The van der Waals surface area contributed by atoms with Gasteiger partial charge < -0.3 is 5.32 Å². The van der Waals surface area contributed by atoms with Crippen LogP contribution in [-0.2, 0) is 6.54 Å². The number of hydrogen-bond acceptors (Lipinski definition) is 1. The predicted octanol–water partition coefficient (Wildman–Crippen LogP) is 5.03. The average molecular weight is 301 g/mol. The molecule has 0 aliphatic heterocycles. The van der Waals surface area contributed by atoms with Gasteiger partial charge in [0.25, 0.3) is 0 Å². The van der Waals surface area contributed by atoms with E-state index in [0.717, 1.165) is 28.3 Å². The molecule has 0 saturated heterocycles. The van der Waals surface area contributed by atoms with Crippen molar-refractivity contribution >= 4 is 34.8 Å². The lowest BCUT2D eigenvalue weighted by Gasteiger charge is -2.08. The van der Waals surface area contributed by atoms with Crippen LogP contribution < -0.4 is 5.32 Å². The third-order valence-electron chi connectivity index (χ3n) is 2.62. The second-order valence-electron chi connectivity index (χ2n) is 3.99. The summed E-state index contributed by atoms with van der Waals surface area (Å²) < 4.78 is 0. The zero-order valence-electron chi connectivity index (χ0n) is 9.81. The first-order valence-electron chi connectivity index (χ1n) is 5.49. The standard InChI is InChI=1S/C14H12Cl3N/c1-18-8-10-3-2-9(6-14(10)17)11-4-12(15)7-13(16)5-11/h2-7,18H,8H2,1H3. The highest BCUT2D eigenvalue weighted by Crippen LogP contribution is 2.30. The largest absolute Gasteiger partial charge is 0.316 e. The lowest BCUT2D eigenvalue weighted by molar-refractivity contribution is 0.818. The van der Waals surface area contributed by atoms with Gasteiger partial charge in [0, 0.05) is 21.6 Å². The van der Waals surface area contributed by atoms with Crippen LogP contribution in [0.25, 0.3) is 11.1 Å². The normalized spacial score (nSPS) is 10.7. The Kier molecular flexibility index (Phi) is 4.52. The molecule has 94 valence electrons. The van der Waals surface area contributed by atoms with Crippen molar-refractivity contribution in [1.29, 1.82) is 0 Å². The summed E-state index contributed by atoms with van der Waals surface area (Å²) in [5.74, 6) is 0. The zero-order valence-corrected chi connectivity index (χ0v) is 12.1. The van der Waals surface area contributed by atoms with Crippen molar-refractivity contribution in [3.63, 3.8) is 0 Å². The number of halogens is 3. The van der Waals surface area contributed by atoms with Crippen LogP contribution in [0.3, 0.4) is 0 Å². The predicted molar refractivity (Wildman–Crippen MR) is 79.7 cm³/mol. The van der Waals surface area contributed by atoms with Crippen molar-refractivity contribution in [2.45, 2.75) is 6.54 Å². The minimum atomic E-state index is 0.618. The second-order valence-corrected chi connectivity index (χ2v) is 5.27. The molecule has 0 aromatic heterocycles. The zero-order chi connectivity index (χ0) is 13.1. The Bertz CT molecular complexity index is 547. The Labute approximate surface area is 122 Å². The Morgan fingerprint density at radius 2 is 1.56 bits per heavy atom. The Hall–Kier alpha value is -0.730. The highest BCUT2D eigenvalue weighted by atomic mass is 35.5. The first-order chi connectivity index (χ1) is 8.60. The van der Waals surface area contributed by atoms with Gasteiger partial charge in [0.2, 0.25) is 0 Å². The Morgan fingerprint density at radius 3 is 2.11 bits per heavy atom. The molecule has 0 atom stereocenters. The molecule has 1 nitrogen and oxygen atoms in total. The van der Waals surface area contributed by atoms with Gasteiger partial charge in [-0.15, -0.1) is 0 Å². The summed E-state index contributed by atoms with van der Waals surface area (Å²) in [6.07, 6.45) is 0. The van der Waals surface area contributed by atoms with E-state index in [1.165, 1.54) is 0 Å². The van der Waals surface area contributed by atoms with E-state index in [1.54, 1.807) is 6.07 Å². The number of rotatable bonds is 3. The summed E-state index contributed by atoms with van der Waals surface area (Å²) in [6.45, 7) is 0.745. The Morgan fingerprint density at radius 1 is 0.889 bits per heavy atom. The lowest BCUT2D eigenvalue weighted by atomic mass is 10.0. The van der Waals surface area contributed by atoms with Crippen LogP contribution in [0.5, 0.6) is 0 Å². The van der Waals surface area contributed by atoms with E-state index >= 15 is 0 Å². The van der Waals surface area contributed by atoms with Crippen LogP contribution in [-0.4, -0.2) is 7.05 Å². The van der Waals surface area contributed by atoms with E-state index in [9.17, 15) is 0 Å². The Balaban J connectivity index is 2.42. The highest BCUT2D eigenvalue weighted by molar-refractivity contribution is 6.35. The van der Waals surface area contributed by atoms with Crippen molar-refractivity contribution in [3.8, 4) is 11.1 Å². The van der Waals surface area contributed by atoms with Gasteiger partial charge in [-0.05, 0) is 48.0 Å². The highest BCUT2D eigenvalue weighted by Gasteiger charge is 2.05. The van der Waals surface area contributed by atoms with Crippen LogP contribution in [0, 0.1) is 0 Å². The maximum absolute atomic E-state index is 6.23. The molecular formula is C14H12Cl3N. The van der Waals surface area contributed by atoms with E-state index < -0.39 is 0 Å². The van der Waals surface area contributed by atoms with E-state index in [4.69, 9.17) is 34.8 Å². The van der Waals surface area contributed by atoms with Gasteiger partial charge in [-0.1, -0.05) is 46.9 Å². The van der Waals surface area contributed by atoms with Gasteiger partial charge >= 0.3 is 0 Å². The fraction of sp³-hybridized carbons (Fsp3) is 0.143. The summed E-state index contributed by atoms with van der Waals surface area (Å²) in [7, 11) is 1.89. The van der Waals surface area contributed by atoms with Crippen LogP contribution in [0.1, 0.15) is 5.56 Å². The number of nitrogens with one attached hydrogen (secondary N) is 1. The van der Waals surface area contributed by atoms with E-state index in [-0.39, 0.29) is 0 Å². The third-order valence-corrected chi connectivity index (χ3v) is 3.40. The third kappa shape index (κ3) is 3.18. The molecule has 0 bridgehead atoms. The molecular weight excluding hydrogens is 289 g/mol. The van der Waals surface area contributed by atoms with Crippen molar-refractivity contribution in [2.75, 3.05) is 7.05 Å². The fourth-order valence-corrected chi connectivity index (χ4v) is 2.55. The second kappa shape index (κ2) is 5.94. The molecule has 2 rings (SSSR count). The van der Waals surface area contributed by atoms with Crippen molar-refractivity contribution in [3.05, 3.63) is 57.0 Å². The van der Waals surface area contributed by atoms with Gasteiger partial charge in [-0.2, -0.15) is 0 Å². The topological polar surface area (TPSA) is 12.0 Å². The molecule has 18 heavy (non-hydrogen) atoms. The quantitative estimate of drug-likeness (QED) is 0.838. The molecule has 2 aromatic rings. The van der Waals surface area contributed by atoms with Crippen molar-refractivity contribution < 1.29 is 0 Å². The van der Waals surface area contributed by atoms with Crippen LogP contribution >= 0.6 is 34.8 Å². The van der Waals surface area contributed by atoms with Crippen molar-refractivity contribution in [1.82, 2.24) is 5.32 Å². The molecule has 0 fully saturated rings. The maximum atomic E-state index is 6.23. The van der Waals surface area contributed by atoms with Crippen LogP contribution in [0.2, 0.25) is 15.1 Å². The fourth-order valence-electron chi connectivity index (χ4n) is 1.78. The van der Waals surface area contributed by atoms with Crippen molar-refractivity contribution in [2.24, 2.45) is 0 Å². The molecule has 0 radical (unpaired) electrons. The SMILES string of the molecule is CNCc1ccc(-c2cc(Cl)cc(Cl)c2)cc1Cl. The number of benzene rings is 2. The van der Waals surface area contributed by atoms with Gasteiger partial charge in [-0.3, -0.25) is 0 Å². The van der Waals surface area contributed by atoms with Gasteiger partial charge in [0.1, 0.15) is 0 Å². The molecule has 0 unspecified atom stereocenters. The lowest BCUT2D eigenvalue weighted by Crippen LogP contribution is -2.05. The van der Waals surface area contributed by atoms with E-state index in [0.29, 0.717) is 10.0 Å². The minimum Gasteiger partial charge on any atom is -0.316 e. The molecule has 0 aliphatic rings. The smallest absolute Gasteiger partial charge is 0.0457 e. The van der Waals surface area contributed by atoms with Crippen LogP contribution in [0.4, 0.5) is 0 Å². The molecule has 0 saturated carbocycles. The molecule has 1 N–H and O–H groups in total. The summed E-state index contributed by atoms with van der Waals surface area (Å²) in [6, 6.07) is 11.4. The molecule has 4 heteroatoms. The average Bonchev–Trinajstić information content (AvgIpc) is 2.30. The summed E-state index contributed by atoms with van der Waals surface area (Å²) in [4.78, 5) is 0. The molecule has 0 aliphatic carbocycles. The van der Waals surface area contributed by atoms with Gasteiger partial charge in [0.05, 0.1) is 0 Å². The molecule has 0 amide bonds. The van der Waals surface area contributed by atoms with Crippen LogP contribution in [0.15, 0.2) is 36.4 Å². The minimum absolute atomic E-state index is 0.618. The molecule has 0 spiro atoms. The molecule has 2 aromatic carbocycles. The molecule has 0 heterocycles. The monoisotopic (exact) mass is 299 g/mol. The summed E-state index contributed by atoms with van der Waals surface area (Å²) >= 11 is 18.2. The van der Waals surface area contributed by atoms with E-state index in [1.807, 2.05) is 37.4 Å². The van der Waals surface area contributed by atoms with E-state index in [2.05, 4.69) is 5.32 Å². The summed E-state index contributed by atoms with van der Waals surface area (Å²) in [5, 5.41) is 5.05. The first kappa shape index (κ1) is 13.7.